The summed E-state index contributed by atoms with van der Waals surface area (Å²) in [5, 5.41) is 3.39. The number of halogens is 1. The van der Waals surface area contributed by atoms with Crippen LogP contribution in [0.25, 0.3) is 0 Å². The maximum atomic E-state index is 12.6. The number of nitrogens with zero attached hydrogens (tertiary/aromatic N) is 1. The maximum Gasteiger partial charge on any atom is 0.227 e. The van der Waals surface area contributed by atoms with E-state index in [0.29, 0.717) is 34.5 Å². The molecular formula is C21H23ClN2O5. The smallest absolute Gasteiger partial charge is 0.227 e. The van der Waals surface area contributed by atoms with Crippen LogP contribution in [0.1, 0.15) is 12.0 Å². The molecule has 0 spiro atoms. The highest BCUT2D eigenvalue weighted by molar-refractivity contribution is 6.31. The molecule has 0 radical (unpaired) electrons. The minimum absolute atomic E-state index is 0.132. The van der Waals surface area contributed by atoms with Crippen molar-refractivity contribution in [3.05, 3.63) is 47.0 Å². The number of carbonyl (C=O) groups excluding carboxylic acids is 2. The van der Waals surface area contributed by atoms with E-state index in [-0.39, 0.29) is 24.8 Å². The molecule has 0 aromatic heterocycles. The third kappa shape index (κ3) is 4.56. The molecule has 2 aromatic carbocycles. The Bertz CT molecular complexity index is 918. The summed E-state index contributed by atoms with van der Waals surface area (Å²) in [6.07, 6.45) is 0.132. The number of hydrogen-bond donors (Lipinski definition) is 1. The molecule has 1 aliphatic rings. The molecule has 0 aliphatic carbocycles. The number of carbonyl (C=O) groups is 2. The van der Waals surface area contributed by atoms with Crippen LogP contribution in [0.4, 0.5) is 5.69 Å². The highest BCUT2D eigenvalue weighted by Crippen LogP contribution is 2.35. The maximum absolute atomic E-state index is 12.6. The Morgan fingerprint density at radius 3 is 2.45 bits per heavy atom. The van der Waals surface area contributed by atoms with Gasteiger partial charge in [0, 0.05) is 24.5 Å². The fourth-order valence-electron chi connectivity index (χ4n) is 3.31. The Morgan fingerprint density at radius 2 is 1.76 bits per heavy atom. The zero-order valence-electron chi connectivity index (χ0n) is 16.5. The normalized spacial score (nSPS) is 15.9. The lowest BCUT2D eigenvalue weighted by Gasteiger charge is -2.20. The first-order valence-electron chi connectivity index (χ1n) is 9.09. The summed E-state index contributed by atoms with van der Waals surface area (Å²) in [7, 11) is 4.65. The number of ether oxygens (including phenoxy) is 3. The van der Waals surface area contributed by atoms with Crippen LogP contribution >= 0.6 is 11.6 Å². The molecule has 0 saturated carbocycles. The lowest BCUT2D eigenvalue weighted by Crippen LogP contribution is -2.32. The largest absolute Gasteiger partial charge is 0.495 e. The topological polar surface area (TPSA) is 77.1 Å². The van der Waals surface area contributed by atoms with Gasteiger partial charge in [0.2, 0.25) is 11.8 Å². The fourth-order valence-corrected chi connectivity index (χ4v) is 3.48. The number of anilines is 1. The van der Waals surface area contributed by atoms with Crippen LogP contribution in [-0.2, 0) is 16.1 Å². The van der Waals surface area contributed by atoms with Gasteiger partial charge in [0.1, 0.15) is 5.75 Å². The van der Waals surface area contributed by atoms with Gasteiger partial charge in [-0.25, -0.2) is 0 Å². The van der Waals surface area contributed by atoms with Gasteiger partial charge in [-0.1, -0.05) is 17.7 Å². The molecule has 1 atom stereocenters. The predicted octanol–water partition coefficient (Wildman–Crippen LogP) is 3.04. The van der Waals surface area contributed by atoms with E-state index in [1.54, 1.807) is 43.4 Å². The number of benzene rings is 2. The van der Waals surface area contributed by atoms with E-state index < -0.39 is 5.92 Å². The molecule has 0 unspecified atom stereocenters. The Hall–Kier alpha value is -2.93. The van der Waals surface area contributed by atoms with Crippen LogP contribution in [0, 0.1) is 5.92 Å². The van der Waals surface area contributed by atoms with Crippen molar-refractivity contribution in [3.63, 3.8) is 0 Å². The molecule has 1 saturated heterocycles. The second-order valence-electron chi connectivity index (χ2n) is 6.63. The molecule has 8 heteroatoms. The minimum Gasteiger partial charge on any atom is -0.495 e. The fraction of sp³-hybridized carbons (Fsp3) is 0.333. The molecule has 29 heavy (non-hydrogen) atoms. The second kappa shape index (κ2) is 9.05. The zero-order valence-corrected chi connectivity index (χ0v) is 17.3. The van der Waals surface area contributed by atoms with Crippen molar-refractivity contribution in [2.24, 2.45) is 5.92 Å². The van der Waals surface area contributed by atoms with Crippen molar-refractivity contribution in [2.45, 2.75) is 13.0 Å². The molecule has 154 valence electrons. The highest BCUT2D eigenvalue weighted by atomic mass is 35.5. The van der Waals surface area contributed by atoms with Gasteiger partial charge < -0.3 is 24.4 Å². The molecule has 2 amide bonds. The van der Waals surface area contributed by atoms with Crippen molar-refractivity contribution in [2.75, 3.05) is 32.8 Å². The van der Waals surface area contributed by atoms with Gasteiger partial charge in [-0.15, -0.1) is 0 Å². The van der Waals surface area contributed by atoms with Crippen LogP contribution in [-0.4, -0.2) is 39.7 Å². The van der Waals surface area contributed by atoms with E-state index in [0.717, 1.165) is 5.56 Å². The summed E-state index contributed by atoms with van der Waals surface area (Å²) >= 11 is 6.07. The van der Waals surface area contributed by atoms with Gasteiger partial charge >= 0.3 is 0 Å². The van der Waals surface area contributed by atoms with Crippen LogP contribution in [0.3, 0.4) is 0 Å². The quantitative estimate of drug-likeness (QED) is 0.747. The summed E-state index contributed by atoms with van der Waals surface area (Å²) < 4.78 is 15.8. The highest BCUT2D eigenvalue weighted by Gasteiger charge is 2.36. The molecule has 1 aliphatic heterocycles. The van der Waals surface area contributed by atoms with Gasteiger partial charge in [-0.3, -0.25) is 9.59 Å². The lowest BCUT2D eigenvalue weighted by atomic mass is 10.1. The van der Waals surface area contributed by atoms with Gasteiger partial charge in [-0.05, 0) is 35.9 Å². The Labute approximate surface area is 174 Å². The van der Waals surface area contributed by atoms with E-state index >= 15 is 0 Å². The Kier molecular flexibility index (Phi) is 6.49. The van der Waals surface area contributed by atoms with E-state index in [2.05, 4.69) is 5.32 Å². The number of hydrogen-bond acceptors (Lipinski definition) is 5. The molecule has 1 N–H and O–H groups in total. The monoisotopic (exact) mass is 418 g/mol. The number of amides is 2. The zero-order chi connectivity index (χ0) is 21.0. The number of methoxy groups -OCH3 is 3. The van der Waals surface area contributed by atoms with Crippen LogP contribution in [0.15, 0.2) is 36.4 Å². The Balaban J connectivity index is 1.66. The van der Waals surface area contributed by atoms with E-state index in [9.17, 15) is 9.59 Å². The SMILES string of the molecule is COc1ccc(CNC(=O)[C@@H]2CC(=O)N(c3cc(Cl)ccc3OC)C2)cc1OC. The standard InChI is InChI=1S/C21H23ClN2O5/c1-27-17-7-5-15(22)10-16(17)24-12-14(9-20(24)25)21(26)23-11-13-4-6-18(28-2)19(8-13)29-3/h4-8,10,14H,9,11-12H2,1-3H3,(H,23,26)/t14-/m1/s1. The van der Waals surface area contributed by atoms with Crippen molar-refractivity contribution in [3.8, 4) is 17.2 Å². The second-order valence-corrected chi connectivity index (χ2v) is 7.07. The summed E-state index contributed by atoms with van der Waals surface area (Å²) in [6.45, 7) is 0.595. The van der Waals surface area contributed by atoms with Crippen LogP contribution < -0.4 is 24.4 Å². The van der Waals surface area contributed by atoms with Crippen molar-refractivity contribution < 1.29 is 23.8 Å². The molecule has 2 aromatic rings. The summed E-state index contributed by atoms with van der Waals surface area (Å²) in [5.74, 6) is 0.971. The Morgan fingerprint density at radius 1 is 1.07 bits per heavy atom. The van der Waals surface area contributed by atoms with E-state index in [1.807, 2.05) is 12.1 Å². The van der Waals surface area contributed by atoms with E-state index in [1.165, 1.54) is 7.11 Å². The molecule has 0 bridgehead atoms. The number of rotatable bonds is 7. The first kappa shape index (κ1) is 20.8. The van der Waals surface area contributed by atoms with Gasteiger partial charge in [0.15, 0.2) is 11.5 Å². The summed E-state index contributed by atoms with van der Waals surface area (Å²) in [4.78, 5) is 26.7. The molecule has 1 fully saturated rings. The van der Waals surface area contributed by atoms with Gasteiger partial charge in [0.05, 0.1) is 32.9 Å². The van der Waals surface area contributed by atoms with Crippen LogP contribution in [0.5, 0.6) is 17.2 Å². The van der Waals surface area contributed by atoms with Crippen molar-refractivity contribution in [1.29, 1.82) is 0 Å². The number of nitrogens with one attached hydrogen (secondary N) is 1. The van der Waals surface area contributed by atoms with Crippen molar-refractivity contribution in [1.82, 2.24) is 5.32 Å². The van der Waals surface area contributed by atoms with Gasteiger partial charge in [0.25, 0.3) is 0 Å². The third-order valence-electron chi connectivity index (χ3n) is 4.84. The molecule has 7 nitrogen and oxygen atoms in total. The molecule has 3 rings (SSSR count). The van der Waals surface area contributed by atoms with Gasteiger partial charge in [-0.2, -0.15) is 0 Å². The summed E-state index contributed by atoms with van der Waals surface area (Å²) in [6, 6.07) is 10.5. The minimum atomic E-state index is -0.452. The first-order valence-corrected chi connectivity index (χ1v) is 9.47. The molecular weight excluding hydrogens is 396 g/mol. The average molecular weight is 419 g/mol. The third-order valence-corrected chi connectivity index (χ3v) is 5.08. The lowest BCUT2D eigenvalue weighted by molar-refractivity contribution is -0.126. The predicted molar refractivity (Wildman–Crippen MR) is 110 cm³/mol. The summed E-state index contributed by atoms with van der Waals surface area (Å²) in [5.41, 5.74) is 1.44. The first-order chi connectivity index (χ1) is 14.0. The van der Waals surface area contributed by atoms with Crippen LogP contribution in [0.2, 0.25) is 5.02 Å². The van der Waals surface area contributed by atoms with E-state index in [4.69, 9.17) is 25.8 Å². The van der Waals surface area contributed by atoms with Crippen molar-refractivity contribution >= 4 is 29.1 Å². The molecule has 1 heterocycles. The average Bonchev–Trinajstić information content (AvgIpc) is 3.13.